The van der Waals surface area contributed by atoms with Gasteiger partial charge >= 0.3 is 0 Å². The Hall–Kier alpha value is -3.36. The maximum absolute atomic E-state index is 13.5. The largest absolute Gasteiger partial charge is 0.315 e. The summed E-state index contributed by atoms with van der Waals surface area (Å²) in [6.07, 6.45) is 2.41. The molecular formula is C26H28N4O4. The lowest BCUT2D eigenvalue weighted by Crippen LogP contribution is -2.54. The average Bonchev–Trinajstić information content (AvgIpc) is 3.11. The van der Waals surface area contributed by atoms with E-state index >= 15 is 0 Å². The summed E-state index contributed by atoms with van der Waals surface area (Å²) in [5, 5.41) is 5.72. The van der Waals surface area contributed by atoms with E-state index in [2.05, 4.69) is 27.7 Å². The van der Waals surface area contributed by atoms with Crippen LogP contribution in [0.15, 0.2) is 48.5 Å². The molecule has 4 amide bonds. The van der Waals surface area contributed by atoms with Crippen LogP contribution in [0.25, 0.3) is 0 Å². The van der Waals surface area contributed by atoms with Crippen LogP contribution in [-0.4, -0.2) is 58.6 Å². The van der Waals surface area contributed by atoms with Crippen molar-refractivity contribution < 1.29 is 19.2 Å². The highest BCUT2D eigenvalue weighted by molar-refractivity contribution is 6.24. The third-order valence-corrected chi connectivity index (χ3v) is 6.94. The molecule has 8 nitrogen and oxygen atoms in total. The highest BCUT2D eigenvalue weighted by atomic mass is 16.2. The van der Waals surface area contributed by atoms with Crippen LogP contribution in [0.3, 0.4) is 0 Å². The number of fused-ring (bicyclic) bond motifs is 1. The third-order valence-electron chi connectivity index (χ3n) is 6.94. The predicted molar refractivity (Wildman–Crippen MR) is 125 cm³/mol. The Balaban J connectivity index is 1.44. The topological polar surface area (TPSA) is 98.8 Å². The number of carbonyl (C=O) groups excluding carboxylic acids is 4. The summed E-state index contributed by atoms with van der Waals surface area (Å²) >= 11 is 0. The molecule has 3 aliphatic rings. The summed E-state index contributed by atoms with van der Waals surface area (Å²) in [7, 11) is 0. The average molecular weight is 461 g/mol. The first-order valence-corrected chi connectivity index (χ1v) is 11.8. The van der Waals surface area contributed by atoms with Gasteiger partial charge in [0.1, 0.15) is 6.04 Å². The number of piperidine rings is 2. The van der Waals surface area contributed by atoms with Gasteiger partial charge in [-0.2, -0.15) is 0 Å². The third kappa shape index (κ3) is 4.26. The molecule has 5 rings (SSSR count). The second-order valence-corrected chi connectivity index (χ2v) is 9.18. The Morgan fingerprint density at radius 2 is 1.74 bits per heavy atom. The number of hydrogen-bond acceptors (Lipinski definition) is 6. The number of benzene rings is 2. The Morgan fingerprint density at radius 1 is 0.912 bits per heavy atom. The second kappa shape index (κ2) is 9.48. The zero-order chi connectivity index (χ0) is 23.7. The highest BCUT2D eigenvalue weighted by Gasteiger charge is 2.45. The molecule has 0 aliphatic carbocycles. The molecule has 2 atom stereocenters. The number of carbonyl (C=O) groups is 4. The van der Waals surface area contributed by atoms with E-state index < -0.39 is 23.8 Å². The van der Waals surface area contributed by atoms with Gasteiger partial charge in [-0.25, -0.2) is 0 Å². The maximum atomic E-state index is 13.5. The molecule has 0 saturated carbocycles. The van der Waals surface area contributed by atoms with Crippen LogP contribution < -0.4 is 10.6 Å². The molecule has 2 fully saturated rings. The molecule has 0 spiro atoms. The van der Waals surface area contributed by atoms with Gasteiger partial charge in [0.05, 0.1) is 11.1 Å². The standard InChI is InChI=1S/C26H28N4O4/c31-22-12-11-21(24(32)28-22)30-25(33)20-10-4-8-18(23(20)26(30)34)16-29(19-9-5-13-27-14-19)15-17-6-2-1-3-7-17/h1-4,6-8,10,19,21,27H,5,9,11-16H2,(H,28,31,32). The molecule has 2 saturated heterocycles. The molecule has 0 radical (unpaired) electrons. The normalized spacial score (nSPS) is 22.8. The van der Waals surface area contributed by atoms with E-state index in [1.54, 1.807) is 12.1 Å². The molecule has 176 valence electrons. The van der Waals surface area contributed by atoms with Crippen molar-refractivity contribution in [2.24, 2.45) is 0 Å². The van der Waals surface area contributed by atoms with E-state index in [9.17, 15) is 19.2 Å². The van der Waals surface area contributed by atoms with Gasteiger partial charge in [0.2, 0.25) is 11.8 Å². The summed E-state index contributed by atoms with van der Waals surface area (Å²) in [4.78, 5) is 54.0. The van der Waals surface area contributed by atoms with Crippen molar-refractivity contribution >= 4 is 23.6 Å². The lowest BCUT2D eigenvalue weighted by molar-refractivity contribution is -0.136. The molecule has 3 heterocycles. The van der Waals surface area contributed by atoms with Crippen LogP contribution in [0.2, 0.25) is 0 Å². The van der Waals surface area contributed by atoms with Gasteiger partial charge in [-0.05, 0) is 43.0 Å². The van der Waals surface area contributed by atoms with Crippen LogP contribution in [0.5, 0.6) is 0 Å². The van der Waals surface area contributed by atoms with Crippen molar-refractivity contribution in [2.75, 3.05) is 13.1 Å². The molecule has 2 unspecified atom stereocenters. The van der Waals surface area contributed by atoms with E-state index in [-0.39, 0.29) is 18.7 Å². The zero-order valence-corrected chi connectivity index (χ0v) is 19.0. The number of nitrogens with zero attached hydrogens (tertiary/aromatic N) is 2. The van der Waals surface area contributed by atoms with E-state index in [0.717, 1.165) is 42.9 Å². The van der Waals surface area contributed by atoms with Crippen LogP contribution in [0.4, 0.5) is 0 Å². The van der Waals surface area contributed by atoms with Crippen molar-refractivity contribution in [2.45, 2.75) is 50.9 Å². The van der Waals surface area contributed by atoms with E-state index in [1.165, 1.54) is 5.56 Å². The predicted octanol–water partition coefficient (Wildman–Crippen LogP) is 1.84. The molecule has 0 aromatic heterocycles. The maximum Gasteiger partial charge on any atom is 0.262 e. The lowest BCUT2D eigenvalue weighted by Gasteiger charge is -2.35. The first kappa shape index (κ1) is 22.4. The van der Waals surface area contributed by atoms with Gasteiger partial charge in [-0.1, -0.05) is 42.5 Å². The fourth-order valence-electron chi connectivity index (χ4n) is 5.21. The SMILES string of the molecule is O=C1CCC(N2C(=O)c3cccc(CN(Cc4ccccc4)C4CCCNC4)c3C2=O)C(=O)N1. The Labute approximate surface area is 198 Å². The molecule has 8 heteroatoms. The number of nitrogens with one attached hydrogen (secondary N) is 2. The van der Waals surface area contributed by atoms with Gasteiger partial charge in [-0.3, -0.25) is 34.3 Å². The number of imide groups is 2. The fourth-order valence-corrected chi connectivity index (χ4v) is 5.21. The van der Waals surface area contributed by atoms with E-state index in [0.29, 0.717) is 23.7 Å². The minimum Gasteiger partial charge on any atom is -0.315 e. The Morgan fingerprint density at radius 3 is 2.47 bits per heavy atom. The van der Waals surface area contributed by atoms with Crippen LogP contribution in [-0.2, 0) is 22.7 Å². The molecule has 2 aromatic rings. The number of rotatable bonds is 6. The minimum absolute atomic E-state index is 0.107. The molecule has 34 heavy (non-hydrogen) atoms. The minimum atomic E-state index is -0.957. The summed E-state index contributed by atoms with van der Waals surface area (Å²) in [6.45, 7) is 3.13. The van der Waals surface area contributed by atoms with Gasteiger partial charge in [-0.15, -0.1) is 0 Å². The van der Waals surface area contributed by atoms with Crippen LogP contribution >= 0.6 is 0 Å². The molecule has 2 aromatic carbocycles. The van der Waals surface area contributed by atoms with Crippen molar-refractivity contribution in [3.63, 3.8) is 0 Å². The van der Waals surface area contributed by atoms with Gasteiger partial charge < -0.3 is 5.32 Å². The summed E-state index contributed by atoms with van der Waals surface area (Å²) in [5.41, 5.74) is 2.67. The highest BCUT2D eigenvalue weighted by Crippen LogP contribution is 2.31. The molecule has 0 bridgehead atoms. The summed E-state index contributed by atoms with van der Waals surface area (Å²) in [6, 6.07) is 14.9. The van der Waals surface area contributed by atoms with Crippen molar-refractivity contribution in [3.8, 4) is 0 Å². The van der Waals surface area contributed by atoms with Crippen molar-refractivity contribution in [1.82, 2.24) is 20.4 Å². The number of amides is 4. The smallest absolute Gasteiger partial charge is 0.262 e. The molecular weight excluding hydrogens is 432 g/mol. The Bertz CT molecular complexity index is 1130. The zero-order valence-electron chi connectivity index (χ0n) is 19.0. The first-order valence-electron chi connectivity index (χ1n) is 11.8. The summed E-state index contributed by atoms with van der Waals surface area (Å²) in [5.74, 6) is -1.89. The van der Waals surface area contributed by atoms with Gasteiger partial charge in [0, 0.05) is 32.1 Å². The van der Waals surface area contributed by atoms with Crippen LogP contribution in [0.1, 0.15) is 57.5 Å². The second-order valence-electron chi connectivity index (χ2n) is 9.18. The number of hydrogen-bond donors (Lipinski definition) is 2. The van der Waals surface area contributed by atoms with Gasteiger partial charge in [0.15, 0.2) is 0 Å². The summed E-state index contributed by atoms with van der Waals surface area (Å²) < 4.78 is 0. The lowest BCUT2D eigenvalue weighted by atomic mass is 9.99. The molecule has 2 N–H and O–H groups in total. The van der Waals surface area contributed by atoms with E-state index in [1.807, 2.05) is 24.3 Å². The quantitative estimate of drug-likeness (QED) is 0.639. The molecule has 3 aliphatic heterocycles. The van der Waals surface area contributed by atoms with Crippen molar-refractivity contribution in [3.05, 3.63) is 70.8 Å². The Kier molecular flexibility index (Phi) is 6.26. The van der Waals surface area contributed by atoms with Crippen molar-refractivity contribution in [1.29, 1.82) is 0 Å². The van der Waals surface area contributed by atoms with Gasteiger partial charge in [0.25, 0.3) is 11.8 Å². The fraction of sp³-hybridized carbons (Fsp3) is 0.385. The van der Waals surface area contributed by atoms with E-state index in [4.69, 9.17) is 0 Å². The first-order chi connectivity index (χ1) is 16.5. The monoisotopic (exact) mass is 460 g/mol. The van der Waals surface area contributed by atoms with Crippen LogP contribution in [0, 0.1) is 0 Å².